The Kier molecular flexibility index (Phi) is 4.95. The molecule has 3 nitrogen and oxygen atoms in total. The molecule has 3 aromatic rings. The maximum Gasteiger partial charge on any atom is 0.132 e. The van der Waals surface area contributed by atoms with Crippen LogP contribution in [0.25, 0.3) is 22.0 Å². The van der Waals surface area contributed by atoms with Crippen LogP contribution in [0.3, 0.4) is 0 Å². The van der Waals surface area contributed by atoms with E-state index in [4.69, 9.17) is 5.11 Å². The molecule has 0 unspecified atom stereocenters. The fourth-order valence-corrected chi connectivity index (χ4v) is 2.57. The van der Waals surface area contributed by atoms with Gasteiger partial charge in [0.05, 0.1) is 5.52 Å². The molecule has 4 heteroatoms. The normalized spacial score (nSPS) is 11.0. The van der Waals surface area contributed by atoms with Crippen molar-refractivity contribution in [2.24, 2.45) is 0 Å². The highest BCUT2D eigenvalue weighted by atomic mass is 19.1. The second kappa shape index (κ2) is 7.31. The molecule has 118 valence electrons. The first-order chi connectivity index (χ1) is 11.3. The Labute approximate surface area is 134 Å². The van der Waals surface area contributed by atoms with Gasteiger partial charge < -0.3 is 10.4 Å². The molecule has 0 radical (unpaired) electrons. The van der Waals surface area contributed by atoms with Crippen LogP contribution in [0.1, 0.15) is 12.0 Å². The minimum atomic E-state index is -0.251. The van der Waals surface area contributed by atoms with Crippen LogP contribution in [0.5, 0.6) is 0 Å². The summed E-state index contributed by atoms with van der Waals surface area (Å²) in [5, 5.41) is 12.6. The smallest absolute Gasteiger partial charge is 0.132 e. The van der Waals surface area contributed by atoms with Crippen LogP contribution in [-0.4, -0.2) is 23.2 Å². The molecule has 23 heavy (non-hydrogen) atoms. The van der Waals surface area contributed by atoms with Crippen molar-refractivity contribution in [3.63, 3.8) is 0 Å². The molecule has 0 spiro atoms. The van der Waals surface area contributed by atoms with E-state index in [-0.39, 0.29) is 12.4 Å². The summed E-state index contributed by atoms with van der Waals surface area (Å²) in [6, 6.07) is 14.9. The highest BCUT2D eigenvalue weighted by Gasteiger charge is 2.05. The zero-order valence-corrected chi connectivity index (χ0v) is 12.8. The van der Waals surface area contributed by atoms with Crippen molar-refractivity contribution in [3.05, 3.63) is 66.1 Å². The quantitative estimate of drug-likeness (QED) is 0.685. The van der Waals surface area contributed by atoms with E-state index >= 15 is 0 Å². The van der Waals surface area contributed by atoms with E-state index in [9.17, 15) is 4.39 Å². The average Bonchev–Trinajstić information content (AvgIpc) is 2.59. The second-order valence-corrected chi connectivity index (χ2v) is 5.48. The number of pyridine rings is 1. The van der Waals surface area contributed by atoms with Crippen molar-refractivity contribution in [2.75, 3.05) is 13.2 Å². The third-order valence-corrected chi connectivity index (χ3v) is 3.77. The van der Waals surface area contributed by atoms with Gasteiger partial charge in [0.1, 0.15) is 5.82 Å². The number of hydrogen-bond acceptors (Lipinski definition) is 3. The summed E-state index contributed by atoms with van der Waals surface area (Å²) < 4.78 is 13.9. The molecule has 0 atom stereocenters. The molecular formula is C19H19FN2O. The summed E-state index contributed by atoms with van der Waals surface area (Å²) in [4.78, 5) is 4.35. The Bertz CT molecular complexity index is 804. The SMILES string of the molecule is OCCCNCc1cccc(-c2cnc3cccc(F)c3c2)c1. The molecule has 0 aliphatic carbocycles. The summed E-state index contributed by atoms with van der Waals surface area (Å²) in [6.07, 6.45) is 2.52. The predicted octanol–water partition coefficient (Wildman–Crippen LogP) is 3.51. The Morgan fingerprint density at radius 2 is 1.91 bits per heavy atom. The highest BCUT2D eigenvalue weighted by Crippen LogP contribution is 2.25. The molecular weight excluding hydrogens is 291 g/mol. The fraction of sp³-hybridized carbons (Fsp3) is 0.211. The van der Waals surface area contributed by atoms with Gasteiger partial charge in [-0.1, -0.05) is 24.3 Å². The van der Waals surface area contributed by atoms with Gasteiger partial charge in [0.2, 0.25) is 0 Å². The van der Waals surface area contributed by atoms with Gasteiger partial charge in [-0.05, 0) is 48.4 Å². The van der Waals surface area contributed by atoms with E-state index in [1.165, 1.54) is 6.07 Å². The van der Waals surface area contributed by atoms with E-state index in [0.717, 1.165) is 36.2 Å². The molecule has 2 aromatic carbocycles. The first-order valence-corrected chi connectivity index (χ1v) is 7.73. The molecule has 3 rings (SSSR count). The van der Waals surface area contributed by atoms with Crippen molar-refractivity contribution in [3.8, 4) is 11.1 Å². The van der Waals surface area contributed by atoms with Crippen LogP contribution in [0.4, 0.5) is 4.39 Å². The fourth-order valence-electron chi connectivity index (χ4n) is 2.57. The lowest BCUT2D eigenvalue weighted by Crippen LogP contribution is -2.15. The second-order valence-electron chi connectivity index (χ2n) is 5.48. The van der Waals surface area contributed by atoms with Crippen molar-refractivity contribution in [1.82, 2.24) is 10.3 Å². The predicted molar refractivity (Wildman–Crippen MR) is 90.5 cm³/mol. The lowest BCUT2D eigenvalue weighted by Gasteiger charge is -2.08. The number of hydrogen-bond donors (Lipinski definition) is 2. The van der Waals surface area contributed by atoms with Gasteiger partial charge in [-0.2, -0.15) is 0 Å². The largest absolute Gasteiger partial charge is 0.396 e. The number of rotatable bonds is 6. The maximum atomic E-state index is 13.9. The number of fused-ring (bicyclic) bond motifs is 1. The summed E-state index contributed by atoms with van der Waals surface area (Å²) in [7, 11) is 0. The monoisotopic (exact) mass is 310 g/mol. The Morgan fingerprint density at radius 1 is 1.04 bits per heavy atom. The molecule has 2 N–H and O–H groups in total. The molecule has 0 aliphatic heterocycles. The number of benzene rings is 2. The van der Waals surface area contributed by atoms with E-state index in [2.05, 4.69) is 16.4 Å². The maximum absolute atomic E-state index is 13.9. The summed E-state index contributed by atoms with van der Waals surface area (Å²) >= 11 is 0. The molecule has 0 aliphatic rings. The van der Waals surface area contributed by atoms with Gasteiger partial charge in [0.15, 0.2) is 0 Å². The number of aliphatic hydroxyl groups excluding tert-OH is 1. The van der Waals surface area contributed by atoms with Crippen LogP contribution < -0.4 is 5.32 Å². The Hall–Kier alpha value is -2.30. The lowest BCUT2D eigenvalue weighted by atomic mass is 10.0. The summed E-state index contributed by atoms with van der Waals surface area (Å²) in [6.45, 7) is 1.72. The summed E-state index contributed by atoms with van der Waals surface area (Å²) in [5.41, 5.74) is 3.73. The number of aromatic nitrogens is 1. The molecule has 0 fully saturated rings. The van der Waals surface area contributed by atoms with Gasteiger partial charge in [-0.25, -0.2) is 4.39 Å². The third kappa shape index (κ3) is 3.73. The number of halogens is 1. The molecule has 0 saturated heterocycles. The first-order valence-electron chi connectivity index (χ1n) is 7.73. The molecule has 1 aromatic heterocycles. The number of aliphatic hydroxyl groups is 1. The lowest BCUT2D eigenvalue weighted by molar-refractivity contribution is 0.286. The van der Waals surface area contributed by atoms with Gasteiger partial charge >= 0.3 is 0 Å². The molecule has 0 saturated carbocycles. The van der Waals surface area contributed by atoms with E-state index in [1.54, 1.807) is 12.3 Å². The van der Waals surface area contributed by atoms with Crippen LogP contribution in [0, 0.1) is 5.82 Å². The van der Waals surface area contributed by atoms with Gasteiger partial charge in [0.25, 0.3) is 0 Å². The standard InChI is InChI=1S/C19H19FN2O/c20-18-6-2-7-19-17(18)11-16(13-22-19)15-5-1-4-14(10-15)12-21-8-3-9-23/h1-2,4-7,10-11,13,21,23H,3,8-9,12H2. The van der Waals surface area contributed by atoms with Crippen molar-refractivity contribution in [1.29, 1.82) is 0 Å². The zero-order chi connectivity index (χ0) is 16.1. The minimum Gasteiger partial charge on any atom is -0.396 e. The Morgan fingerprint density at radius 3 is 2.78 bits per heavy atom. The van der Waals surface area contributed by atoms with Crippen molar-refractivity contribution >= 4 is 10.9 Å². The molecule has 0 amide bonds. The van der Waals surface area contributed by atoms with Crippen LogP contribution in [0.15, 0.2) is 54.7 Å². The van der Waals surface area contributed by atoms with Gasteiger partial charge in [-0.3, -0.25) is 4.98 Å². The van der Waals surface area contributed by atoms with E-state index < -0.39 is 0 Å². The Balaban J connectivity index is 1.85. The molecule has 1 heterocycles. The van der Waals surface area contributed by atoms with Crippen LogP contribution in [0.2, 0.25) is 0 Å². The van der Waals surface area contributed by atoms with Crippen molar-refractivity contribution < 1.29 is 9.50 Å². The minimum absolute atomic E-state index is 0.196. The highest BCUT2D eigenvalue weighted by molar-refractivity contribution is 5.84. The number of nitrogens with one attached hydrogen (secondary N) is 1. The third-order valence-electron chi connectivity index (χ3n) is 3.77. The number of nitrogens with zero attached hydrogens (tertiary/aromatic N) is 1. The summed E-state index contributed by atoms with van der Waals surface area (Å²) in [5.74, 6) is -0.251. The van der Waals surface area contributed by atoms with Gasteiger partial charge in [-0.15, -0.1) is 0 Å². The zero-order valence-electron chi connectivity index (χ0n) is 12.8. The van der Waals surface area contributed by atoms with E-state index in [1.807, 2.05) is 30.3 Å². The van der Waals surface area contributed by atoms with E-state index in [0.29, 0.717) is 10.9 Å². The topological polar surface area (TPSA) is 45.1 Å². The van der Waals surface area contributed by atoms with Gasteiger partial charge in [0, 0.05) is 30.3 Å². The van der Waals surface area contributed by atoms with Crippen LogP contribution >= 0.6 is 0 Å². The van der Waals surface area contributed by atoms with Crippen LogP contribution in [-0.2, 0) is 6.54 Å². The average molecular weight is 310 g/mol. The molecule has 0 bridgehead atoms. The first kappa shape index (κ1) is 15.6. The van der Waals surface area contributed by atoms with Crippen molar-refractivity contribution in [2.45, 2.75) is 13.0 Å².